The van der Waals surface area contributed by atoms with Gasteiger partial charge in [0.15, 0.2) is 0 Å². The summed E-state index contributed by atoms with van der Waals surface area (Å²) in [6, 6.07) is 7.80. The molecule has 0 aliphatic rings. The van der Waals surface area contributed by atoms with Crippen LogP contribution in [-0.4, -0.2) is 17.2 Å². The molecular formula is C13H14NO2. The van der Waals surface area contributed by atoms with E-state index in [1.807, 2.05) is 24.3 Å². The van der Waals surface area contributed by atoms with Crippen LogP contribution in [0.15, 0.2) is 30.5 Å². The van der Waals surface area contributed by atoms with Crippen LogP contribution in [0.25, 0.3) is 10.9 Å². The zero-order chi connectivity index (χ0) is 11.4. The van der Waals surface area contributed by atoms with E-state index in [0.29, 0.717) is 6.42 Å². The molecule has 0 aliphatic heterocycles. The van der Waals surface area contributed by atoms with Crippen molar-refractivity contribution >= 4 is 10.9 Å². The molecule has 3 heteroatoms. The number of ether oxygens (including phenoxy) is 1. The van der Waals surface area contributed by atoms with E-state index >= 15 is 0 Å². The molecule has 0 saturated carbocycles. The van der Waals surface area contributed by atoms with Crippen molar-refractivity contribution in [1.82, 2.24) is 4.98 Å². The van der Waals surface area contributed by atoms with E-state index in [2.05, 4.69) is 4.98 Å². The molecule has 0 atom stereocenters. The van der Waals surface area contributed by atoms with Gasteiger partial charge in [-0.05, 0) is 42.7 Å². The summed E-state index contributed by atoms with van der Waals surface area (Å²) >= 11 is 0. The normalized spacial score (nSPS) is 10.6. The van der Waals surface area contributed by atoms with E-state index in [1.54, 1.807) is 13.3 Å². The van der Waals surface area contributed by atoms with E-state index in [1.165, 1.54) is 12.2 Å². The molecule has 0 amide bonds. The third-order valence-electron chi connectivity index (χ3n) is 2.58. The molecule has 2 rings (SSSR count). The summed E-state index contributed by atoms with van der Waals surface area (Å²) in [5.74, 6) is 0.828. The topological polar surface area (TPSA) is 42.4 Å². The highest BCUT2D eigenvalue weighted by Gasteiger charge is 2.03. The summed E-state index contributed by atoms with van der Waals surface area (Å²) in [6.07, 6.45) is 3.25. The van der Waals surface area contributed by atoms with E-state index in [9.17, 15) is 0 Å². The average molecular weight is 216 g/mol. The van der Waals surface area contributed by atoms with Crippen LogP contribution in [0, 0.1) is 6.61 Å². The quantitative estimate of drug-likeness (QED) is 0.854. The van der Waals surface area contributed by atoms with Crippen molar-refractivity contribution in [3.63, 3.8) is 0 Å². The molecule has 2 aromatic rings. The molecule has 0 fully saturated rings. The minimum Gasteiger partial charge on any atom is -0.497 e. The fourth-order valence-electron chi connectivity index (χ4n) is 1.75. The highest BCUT2D eigenvalue weighted by molar-refractivity contribution is 5.83. The van der Waals surface area contributed by atoms with Crippen LogP contribution in [0.3, 0.4) is 0 Å². The van der Waals surface area contributed by atoms with Crippen molar-refractivity contribution in [1.29, 1.82) is 0 Å². The Morgan fingerprint density at radius 3 is 3.00 bits per heavy atom. The number of pyridine rings is 1. The lowest BCUT2D eigenvalue weighted by molar-refractivity contribution is 0.375. The highest BCUT2D eigenvalue weighted by Crippen LogP contribution is 2.23. The Morgan fingerprint density at radius 2 is 2.25 bits per heavy atom. The minimum atomic E-state index is 0.649. The molecule has 1 aromatic heterocycles. The lowest BCUT2D eigenvalue weighted by Gasteiger charge is -2.06. The van der Waals surface area contributed by atoms with E-state index < -0.39 is 0 Å². The molecule has 1 N–H and O–H groups in total. The van der Waals surface area contributed by atoms with E-state index in [4.69, 9.17) is 9.84 Å². The first-order chi connectivity index (χ1) is 7.85. The van der Waals surface area contributed by atoms with Crippen LogP contribution >= 0.6 is 0 Å². The third-order valence-corrected chi connectivity index (χ3v) is 2.58. The van der Waals surface area contributed by atoms with Crippen molar-refractivity contribution in [3.05, 3.63) is 42.6 Å². The van der Waals surface area contributed by atoms with E-state index in [0.717, 1.165) is 23.1 Å². The molecule has 1 radical (unpaired) electrons. The lowest BCUT2D eigenvalue weighted by Crippen LogP contribution is -1.91. The number of hydrogen-bond donors (Lipinski definition) is 1. The van der Waals surface area contributed by atoms with Gasteiger partial charge in [0, 0.05) is 11.6 Å². The number of aromatic nitrogens is 1. The fourth-order valence-corrected chi connectivity index (χ4v) is 1.75. The van der Waals surface area contributed by atoms with Gasteiger partial charge in [-0.2, -0.15) is 0 Å². The zero-order valence-electron chi connectivity index (χ0n) is 9.18. The van der Waals surface area contributed by atoms with Gasteiger partial charge in [0.2, 0.25) is 0 Å². The first kappa shape index (κ1) is 10.9. The number of nitrogens with zero attached hydrogens (tertiary/aromatic N) is 1. The van der Waals surface area contributed by atoms with Crippen molar-refractivity contribution in [2.24, 2.45) is 0 Å². The second kappa shape index (κ2) is 4.94. The van der Waals surface area contributed by atoms with Crippen molar-refractivity contribution in [2.45, 2.75) is 12.8 Å². The Morgan fingerprint density at radius 1 is 1.38 bits per heavy atom. The Bertz CT molecular complexity index is 482. The number of aliphatic hydroxyl groups excluding tert-OH is 1. The van der Waals surface area contributed by atoms with Crippen LogP contribution in [0.5, 0.6) is 5.75 Å². The number of benzene rings is 1. The second-order valence-corrected chi connectivity index (χ2v) is 3.57. The van der Waals surface area contributed by atoms with Crippen LogP contribution in [0.4, 0.5) is 0 Å². The molecule has 0 unspecified atom stereocenters. The van der Waals surface area contributed by atoms with Crippen LogP contribution in [0.1, 0.15) is 12.0 Å². The fraction of sp³-hybridized carbons (Fsp3) is 0.231. The summed E-state index contributed by atoms with van der Waals surface area (Å²) in [5, 5.41) is 9.82. The monoisotopic (exact) mass is 216 g/mol. The maximum absolute atomic E-state index is 8.74. The summed E-state index contributed by atoms with van der Waals surface area (Å²) in [5.41, 5.74) is 2.13. The van der Waals surface area contributed by atoms with E-state index in [-0.39, 0.29) is 0 Å². The zero-order valence-corrected chi connectivity index (χ0v) is 9.18. The number of fused-ring (bicyclic) bond motifs is 1. The predicted octanol–water partition coefficient (Wildman–Crippen LogP) is 2.71. The largest absolute Gasteiger partial charge is 0.497 e. The highest BCUT2D eigenvalue weighted by atomic mass is 16.5. The van der Waals surface area contributed by atoms with Gasteiger partial charge in [-0.3, -0.25) is 4.98 Å². The standard InChI is InChI=1S/C13H14NO2/c1-16-11-4-5-13-12(9-11)10(3-2-8-15)6-7-14-13/h4-9,15H,2-3H2,1H3. The van der Waals surface area contributed by atoms with Crippen LogP contribution in [0.2, 0.25) is 0 Å². The van der Waals surface area contributed by atoms with Crippen molar-refractivity contribution in [2.75, 3.05) is 7.11 Å². The molecule has 16 heavy (non-hydrogen) atoms. The Balaban J connectivity index is 2.46. The van der Waals surface area contributed by atoms with Crippen molar-refractivity contribution in [3.8, 4) is 5.75 Å². The Labute approximate surface area is 94.7 Å². The third kappa shape index (κ3) is 2.14. The number of aliphatic hydroxyl groups is 1. The Hall–Kier alpha value is -1.61. The van der Waals surface area contributed by atoms with Gasteiger partial charge in [-0.1, -0.05) is 0 Å². The second-order valence-electron chi connectivity index (χ2n) is 3.57. The smallest absolute Gasteiger partial charge is 0.119 e. The molecule has 0 saturated heterocycles. The SMILES string of the molecule is COc1ccc2nccc(CC[CH]O)c2c1. The summed E-state index contributed by atoms with van der Waals surface area (Å²) < 4.78 is 5.20. The number of methoxy groups -OCH3 is 1. The summed E-state index contributed by atoms with van der Waals surface area (Å²) in [7, 11) is 1.65. The maximum atomic E-state index is 8.74. The molecule has 0 bridgehead atoms. The molecule has 1 aromatic carbocycles. The van der Waals surface area contributed by atoms with Crippen molar-refractivity contribution < 1.29 is 9.84 Å². The Kier molecular flexibility index (Phi) is 3.37. The predicted molar refractivity (Wildman–Crippen MR) is 62.9 cm³/mol. The minimum absolute atomic E-state index is 0.649. The number of rotatable bonds is 4. The molecule has 0 spiro atoms. The summed E-state index contributed by atoms with van der Waals surface area (Å²) in [6.45, 7) is 1.19. The van der Waals surface area contributed by atoms with Crippen LogP contribution < -0.4 is 4.74 Å². The number of hydrogen-bond acceptors (Lipinski definition) is 3. The van der Waals surface area contributed by atoms with Gasteiger partial charge < -0.3 is 9.84 Å². The van der Waals surface area contributed by atoms with Crippen LogP contribution in [-0.2, 0) is 6.42 Å². The van der Waals surface area contributed by atoms with Gasteiger partial charge in [0.05, 0.1) is 19.2 Å². The average Bonchev–Trinajstić information content (AvgIpc) is 2.35. The molecule has 0 aliphatic carbocycles. The molecule has 83 valence electrons. The van der Waals surface area contributed by atoms with Gasteiger partial charge >= 0.3 is 0 Å². The van der Waals surface area contributed by atoms with Gasteiger partial charge in [0.25, 0.3) is 0 Å². The van der Waals surface area contributed by atoms with Gasteiger partial charge in [-0.25, -0.2) is 0 Å². The molecule has 3 nitrogen and oxygen atoms in total. The maximum Gasteiger partial charge on any atom is 0.119 e. The lowest BCUT2D eigenvalue weighted by atomic mass is 10.0. The van der Waals surface area contributed by atoms with Gasteiger partial charge in [0.1, 0.15) is 5.75 Å². The summed E-state index contributed by atoms with van der Waals surface area (Å²) in [4.78, 5) is 4.30. The first-order valence-electron chi connectivity index (χ1n) is 5.22. The molecular weight excluding hydrogens is 202 g/mol. The molecule has 1 heterocycles. The van der Waals surface area contributed by atoms with Gasteiger partial charge in [-0.15, -0.1) is 0 Å². The first-order valence-corrected chi connectivity index (χ1v) is 5.22. The number of aryl methyl sites for hydroxylation is 1.